The van der Waals surface area contributed by atoms with Gasteiger partial charge in [-0.15, -0.1) is 11.3 Å². The van der Waals surface area contributed by atoms with Crippen LogP contribution in [0.15, 0.2) is 36.4 Å². The molecule has 1 atom stereocenters. The van der Waals surface area contributed by atoms with E-state index in [0.29, 0.717) is 50.0 Å². The van der Waals surface area contributed by atoms with Crippen molar-refractivity contribution in [1.82, 2.24) is 10.2 Å². The van der Waals surface area contributed by atoms with E-state index in [1.807, 2.05) is 6.07 Å². The van der Waals surface area contributed by atoms with Crippen molar-refractivity contribution in [2.75, 3.05) is 32.8 Å². The minimum Gasteiger partial charge on any atom is -0.379 e. The molecule has 0 spiro atoms. The summed E-state index contributed by atoms with van der Waals surface area (Å²) < 4.78 is 44.7. The second-order valence-corrected chi connectivity index (χ2v) is 8.59. The zero-order valence-corrected chi connectivity index (χ0v) is 17.2. The number of nitrogens with zero attached hydrogens (tertiary/aromatic N) is 1. The summed E-state index contributed by atoms with van der Waals surface area (Å²) >= 11 is 7.35. The molecule has 0 aliphatic carbocycles. The molecule has 3 rings (SSSR count). The Labute approximate surface area is 176 Å². The number of halogens is 4. The number of aryl methyl sites for hydroxylation is 1. The van der Waals surface area contributed by atoms with Gasteiger partial charge in [0.25, 0.3) is 0 Å². The summed E-state index contributed by atoms with van der Waals surface area (Å²) in [6, 6.07) is 8.65. The van der Waals surface area contributed by atoms with Crippen molar-refractivity contribution in [3.05, 3.63) is 56.7 Å². The van der Waals surface area contributed by atoms with Crippen LogP contribution in [0.2, 0.25) is 4.34 Å². The maximum absolute atomic E-state index is 12.9. The number of benzene rings is 1. The van der Waals surface area contributed by atoms with Crippen molar-refractivity contribution in [2.45, 2.75) is 25.1 Å². The molecule has 1 aliphatic rings. The minimum absolute atomic E-state index is 0.0975. The third kappa shape index (κ3) is 6.44. The van der Waals surface area contributed by atoms with E-state index in [4.69, 9.17) is 16.3 Å². The van der Waals surface area contributed by atoms with Crippen LogP contribution in [-0.4, -0.2) is 43.7 Å². The lowest BCUT2D eigenvalue weighted by molar-refractivity contribution is -0.137. The highest BCUT2D eigenvalue weighted by molar-refractivity contribution is 7.16. The SMILES string of the molecule is O=C(CCc1ccc(Cl)s1)NCC(c1ccc(C(F)(F)F)cc1)N1CCOCC1. The van der Waals surface area contributed by atoms with Gasteiger partial charge in [-0.2, -0.15) is 13.2 Å². The quantitative estimate of drug-likeness (QED) is 0.678. The lowest BCUT2D eigenvalue weighted by Crippen LogP contribution is -2.43. The number of nitrogens with one attached hydrogen (secondary N) is 1. The molecule has 1 aliphatic heterocycles. The molecule has 1 N–H and O–H groups in total. The molecule has 2 aromatic rings. The molecular weight excluding hydrogens is 425 g/mol. The van der Waals surface area contributed by atoms with Gasteiger partial charge in [0.1, 0.15) is 0 Å². The molecule has 1 aromatic carbocycles. The Bertz CT molecular complexity index is 805. The van der Waals surface area contributed by atoms with E-state index in [9.17, 15) is 18.0 Å². The predicted octanol–water partition coefficient (Wildman–Crippen LogP) is 4.54. The highest BCUT2D eigenvalue weighted by atomic mass is 35.5. The number of morpholine rings is 1. The molecule has 1 saturated heterocycles. The Kier molecular flexibility index (Phi) is 7.56. The largest absolute Gasteiger partial charge is 0.416 e. The Balaban J connectivity index is 1.63. The van der Waals surface area contributed by atoms with Gasteiger partial charge in [-0.25, -0.2) is 0 Å². The van der Waals surface area contributed by atoms with E-state index in [-0.39, 0.29) is 11.9 Å². The smallest absolute Gasteiger partial charge is 0.379 e. The van der Waals surface area contributed by atoms with E-state index < -0.39 is 11.7 Å². The first kappa shape index (κ1) is 22.1. The summed E-state index contributed by atoms with van der Waals surface area (Å²) in [5, 5.41) is 2.93. The average Bonchev–Trinajstić information content (AvgIpc) is 3.12. The van der Waals surface area contributed by atoms with Gasteiger partial charge in [-0.05, 0) is 36.2 Å². The molecule has 9 heteroatoms. The van der Waals surface area contributed by atoms with Gasteiger partial charge < -0.3 is 10.1 Å². The zero-order chi connectivity index (χ0) is 20.9. The van der Waals surface area contributed by atoms with Crippen molar-refractivity contribution < 1.29 is 22.7 Å². The van der Waals surface area contributed by atoms with E-state index in [2.05, 4.69) is 10.2 Å². The Morgan fingerprint density at radius 3 is 2.45 bits per heavy atom. The van der Waals surface area contributed by atoms with E-state index in [0.717, 1.165) is 22.6 Å². The van der Waals surface area contributed by atoms with E-state index in [1.54, 1.807) is 6.07 Å². The Morgan fingerprint density at radius 1 is 1.17 bits per heavy atom. The standard InChI is InChI=1S/C20H22ClF3N2O2S/c21-18-7-5-16(29-18)6-8-19(27)25-13-17(26-9-11-28-12-10-26)14-1-3-15(4-2-14)20(22,23)24/h1-5,7,17H,6,8-13H2,(H,25,27). The van der Waals surface area contributed by atoms with Crippen molar-refractivity contribution in [1.29, 1.82) is 0 Å². The summed E-state index contributed by atoms with van der Waals surface area (Å²) in [5.74, 6) is -0.0975. The number of alkyl halides is 3. The van der Waals surface area contributed by atoms with Crippen molar-refractivity contribution in [3.8, 4) is 0 Å². The number of hydrogen-bond donors (Lipinski definition) is 1. The van der Waals surface area contributed by atoms with Crippen LogP contribution in [0.25, 0.3) is 0 Å². The summed E-state index contributed by atoms with van der Waals surface area (Å²) in [6.07, 6.45) is -3.43. The average molecular weight is 447 g/mol. The maximum atomic E-state index is 12.9. The molecule has 1 fully saturated rings. The number of carbonyl (C=O) groups excluding carboxylic acids is 1. The highest BCUT2D eigenvalue weighted by Crippen LogP contribution is 2.31. The van der Waals surface area contributed by atoms with Crippen molar-refractivity contribution in [2.24, 2.45) is 0 Å². The molecular formula is C20H22ClF3N2O2S. The van der Waals surface area contributed by atoms with Crippen molar-refractivity contribution in [3.63, 3.8) is 0 Å². The van der Waals surface area contributed by atoms with Crippen LogP contribution in [0.4, 0.5) is 13.2 Å². The number of thiophene rings is 1. The first-order chi connectivity index (χ1) is 13.8. The summed E-state index contributed by atoms with van der Waals surface area (Å²) in [6.45, 7) is 2.77. The zero-order valence-electron chi connectivity index (χ0n) is 15.7. The number of carbonyl (C=O) groups is 1. The van der Waals surface area contributed by atoms with E-state index in [1.165, 1.54) is 23.5 Å². The number of ether oxygens (including phenoxy) is 1. The fourth-order valence-corrected chi connectivity index (χ4v) is 4.35. The number of amides is 1. The predicted molar refractivity (Wildman–Crippen MR) is 107 cm³/mol. The van der Waals surface area contributed by atoms with Crippen LogP contribution in [-0.2, 0) is 22.1 Å². The summed E-state index contributed by atoms with van der Waals surface area (Å²) in [5.41, 5.74) is 0.0610. The van der Waals surface area contributed by atoms with Gasteiger partial charge in [0.05, 0.1) is 29.2 Å². The third-order valence-electron chi connectivity index (χ3n) is 4.83. The number of rotatable bonds is 7. The molecule has 0 saturated carbocycles. The van der Waals surface area contributed by atoms with E-state index >= 15 is 0 Å². The topological polar surface area (TPSA) is 41.6 Å². The normalized spacial score (nSPS) is 16.6. The molecule has 0 radical (unpaired) electrons. The highest BCUT2D eigenvalue weighted by Gasteiger charge is 2.31. The maximum Gasteiger partial charge on any atom is 0.416 e. The molecule has 2 heterocycles. The van der Waals surface area contributed by atoms with Crippen LogP contribution >= 0.6 is 22.9 Å². The van der Waals surface area contributed by atoms with Gasteiger partial charge in [0.2, 0.25) is 5.91 Å². The Hall–Kier alpha value is -1.61. The second-order valence-electron chi connectivity index (χ2n) is 6.79. The van der Waals surface area contributed by atoms with Gasteiger partial charge >= 0.3 is 6.18 Å². The summed E-state index contributed by atoms with van der Waals surface area (Å²) in [7, 11) is 0. The molecule has 1 aromatic heterocycles. The van der Waals surface area contributed by atoms with Crippen molar-refractivity contribution >= 4 is 28.8 Å². The molecule has 1 amide bonds. The van der Waals surface area contributed by atoms with Crippen LogP contribution in [0.1, 0.15) is 28.5 Å². The third-order valence-corrected chi connectivity index (χ3v) is 6.12. The lowest BCUT2D eigenvalue weighted by atomic mass is 10.0. The van der Waals surface area contributed by atoms with Crippen LogP contribution in [0, 0.1) is 0 Å². The van der Waals surface area contributed by atoms with Gasteiger partial charge in [-0.1, -0.05) is 23.7 Å². The fourth-order valence-electron chi connectivity index (χ4n) is 3.26. The van der Waals surface area contributed by atoms with Crippen LogP contribution in [0.3, 0.4) is 0 Å². The van der Waals surface area contributed by atoms with Gasteiger partial charge in [0, 0.05) is 30.9 Å². The van der Waals surface area contributed by atoms with Crippen LogP contribution < -0.4 is 5.32 Å². The molecule has 29 heavy (non-hydrogen) atoms. The number of hydrogen-bond acceptors (Lipinski definition) is 4. The summed E-state index contributed by atoms with van der Waals surface area (Å²) in [4.78, 5) is 15.5. The molecule has 1 unspecified atom stereocenters. The first-order valence-electron chi connectivity index (χ1n) is 9.33. The second kappa shape index (κ2) is 9.93. The van der Waals surface area contributed by atoms with Gasteiger partial charge in [-0.3, -0.25) is 9.69 Å². The fraction of sp³-hybridized carbons (Fsp3) is 0.450. The Morgan fingerprint density at radius 2 is 1.86 bits per heavy atom. The molecule has 4 nitrogen and oxygen atoms in total. The van der Waals surface area contributed by atoms with Crippen LogP contribution in [0.5, 0.6) is 0 Å². The molecule has 0 bridgehead atoms. The van der Waals surface area contributed by atoms with Gasteiger partial charge in [0.15, 0.2) is 0 Å². The lowest BCUT2D eigenvalue weighted by Gasteiger charge is -2.35. The molecule has 158 valence electrons. The first-order valence-corrected chi connectivity index (χ1v) is 10.5. The monoisotopic (exact) mass is 446 g/mol. The minimum atomic E-state index is -4.37.